The summed E-state index contributed by atoms with van der Waals surface area (Å²) in [6.45, 7) is 4.63. The molecule has 1 saturated heterocycles. The van der Waals surface area contributed by atoms with E-state index in [9.17, 15) is 24.0 Å². The Labute approximate surface area is 180 Å². The highest BCUT2D eigenvalue weighted by Crippen LogP contribution is 2.29. The van der Waals surface area contributed by atoms with Crippen LogP contribution in [0.2, 0.25) is 0 Å². The number of carbonyl (C=O) groups is 5. The average Bonchev–Trinajstić information content (AvgIpc) is 2.62. The monoisotopic (exact) mass is 445 g/mol. The third-order valence-corrected chi connectivity index (χ3v) is 4.60. The van der Waals surface area contributed by atoms with Crippen molar-refractivity contribution >= 4 is 29.8 Å². The van der Waals surface area contributed by atoms with Crippen LogP contribution in [0.3, 0.4) is 0 Å². The molecule has 0 aliphatic carbocycles. The van der Waals surface area contributed by atoms with Gasteiger partial charge in [-0.25, -0.2) is 0 Å². The number of hydrogen-bond acceptors (Lipinski definition) is 9. The smallest absolute Gasteiger partial charge is 0.303 e. The van der Waals surface area contributed by atoms with Gasteiger partial charge in [-0.05, 0) is 12.8 Å². The molecule has 0 aromatic heterocycles. The number of unbranched alkanes of at least 4 members (excludes halogenated alkanes) is 2. The molecule has 0 aromatic rings. The molecule has 0 bridgehead atoms. The lowest BCUT2D eigenvalue weighted by Crippen LogP contribution is -2.66. The van der Waals surface area contributed by atoms with Crippen LogP contribution < -0.4 is 5.32 Å². The molecule has 2 unspecified atom stereocenters. The lowest BCUT2D eigenvalue weighted by Gasteiger charge is -2.45. The van der Waals surface area contributed by atoms with Crippen LogP contribution in [0.4, 0.5) is 0 Å². The van der Waals surface area contributed by atoms with Crippen LogP contribution in [-0.2, 0) is 42.9 Å². The number of ether oxygens (including phenoxy) is 4. The molecule has 11 heteroatoms. The summed E-state index contributed by atoms with van der Waals surface area (Å²) in [5, 5.41) is 11.5. The first-order chi connectivity index (χ1) is 14.5. The van der Waals surface area contributed by atoms with Gasteiger partial charge in [-0.15, -0.1) is 0 Å². The van der Waals surface area contributed by atoms with Crippen molar-refractivity contribution in [1.29, 1.82) is 0 Å². The number of carboxylic acid groups (broad SMARTS) is 1. The minimum absolute atomic E-state index is 0.0420. The van der Waals surface area contributed by atoms with Gasteiger partial charge in [-0.3, -0.25) is 24.0 Å². The van der Waals surface area contributed by atoms with E-state index < -0.39 is 60.2 Å². The molecule has 2 N–H and O–H groups in total. The first-order valence-corrected chi connectivity index (χ1v) is 10.1. The Balaban J connectivity index is 3.11. The van der Waals surface area contributed by atoms with E-state index in [-0.39, 0.29) is 13.0 Å². The predicted octanol–water partition coefficient (Wildman–Crippen LogP) is 0.720. The molecule has 1 aliphatic heterocycles. The third kappa shape index (κ3) is 9.77. The second-order valence-corrected chi connectivity index (χ2v) is 7.38. The molecule has 1 heterocycles. The normalized spacial score (nSPS) is 25.2. The first kappa shape index (κ1) is 26.3. The number of nitrogens with one attached hydrogen (secondary N) is 1. The summed E-state index contributed by atoms with van der Waals surface area (Å²) in [4.78, 5) is 57.2. The number of rotatable bonds is 11. The second kappa shape index (κ2) is 12.9. The lowest BCUT2D eigenvalue weighted by molar-refractivity contribution is -0.224. The van der Waals surface area contributed by atoms with Crippen molar-refractivity contribution in [2.45, 2.75) is 90.3 Å². The van der Waals surface area contributed by atoms with Crippen molar-refractivity contribution in [3.63, 3.8) is 0 Å². The van der Waals surface area contributed by atoms with Crippen LogP contribution >= 0.6 is 0 Å². The minimum Gasteiger partial charge on any atom is -0.481 e. The fourth-order valence-corrected chi connectivity index (χ4v) is 3.47. The van der Waals surface area contributed by atoms with Crippen molar-refractivity contribution in [1.82, 2.24) is 5.32 Å². The van der Waals surface area contributed by atoms with Crippen molar-refractivity contribution in [2.24, 2.45) is 0 Å². The SMILES string of the molecule is CC(=O)NC1[C@@H](OC(C)=O)[C@@H](OC(C)=O)C(COC(C)=O)O[C@@H]1CCCCCC(=O)O. The molecule has 176 valence electrons. The topological polar surface area (TPSA) is 155 Å². The van der Waals surface area contributed by atoms with E-state index in [1.807, 2.05) is 0 Å². The maximum absolute atomic E-state index is 11.8. The van der Waals surface area contributed by atoms with Crippen molar-refractivity contribution in [3.8, 4) is 0 Å². The van der Waals surface area contributed by atoms with Crippen molar-refractivity contribution in [2.75, 3.05) is 6.61 Å². The maximum Gasteiger partial charge on any atom is 0.303 e. The zero-order valence-corrected chi connectivity index (χ0v) is 18.3. The minimum atomic E-state index is -1.11. The number of aliphatic carboxylic acids is 1. The van der Waals surface area contributed by atoms with Crippen LogP contribution in [0.1, 0.15) is 59.8 Å². The van der Waals surface area contributed by atoms with E-state index >= 15 is 0 Å². The number of esters is 3. The summed E-state index contributed by atoms with van der Waals surface area (Å²) in [5.41, 5.74) is 0. The summed E-state index contributed by atoms with van der Waals surface area (Å²) in [7, 11) is 0. The van der Waals surface area contributed by atoms with Gasteiger partial charge in [0.05, 0.1) is 12.1 Å². The fourth-order valence-electron chi connectivity index (χ4n) is 3.47. The van der Waals surface area contributed by atoms with E-state index in [4.69, 9.17) is 24.1 Å². The molecule has 1 fully saturated rings. The van der Waals surface area contributed by atoms with Gasteiger partial charge in [-0.2, -0.15) is 0 Å². The average molecular weight is 445 g/mol. The van der Waals surface area contributed by atoms with Crippen LogP contribution in [0.15, 0.2) is 0 Å². The van der Waals surface area contributed by atoms with Gasteiger partial charge in [0.1, 0.15) is 12.7 Å². The zero-order chi connectivity index (χ0) is 23.6. The number of carboxylic acids is 1. The van der Waals surface area contributed by atoms with Gasteiger partial charge >= 0.3 is 23.9 Å². The Morgan fingerprint density at radius 2 is 1.45 bits per heavy atom. The highest BCUT2D eigenvalue weighted by Gasteiger charge is 2.50. The largest absolute Gasteiger partial charge is 0.481 e. The Kier molecular flexibility index (Phi) is 10.9. The Morgan fingerprint density at radius 1 is 0.839 bits per heavy atom. The fraction of sp³-hybridized carbons (Fsp3) is 0.750. The molecule has 1 rings (SSSR count). The lowest BCUT2D eigenvalue weighted by atomic mass is 9.89. The third-order valence-electron chi connectivity index (χ3n) is 4.60. The summed E-state index contributed by atoms with van der Waals surface area (Å²) in [6, 6.07) is -0.821. The molecule has 0 saturated carbocycles. The van der Waals surface area contributed by atoms with Crippen LogP contribution in [0, 0.1) is 0 Å². The quantitative estimate of drug-likeness (QED) is 0.264. The first-order valence-electron chi connectivity index (χ1n) is 10.1. The van der Waals surface area contributed by atoms with Gasteiger partial charge in [0.15, 0.2) is 12.2 Å². The number of amides is 1. The van der Waals surface area contributed by atoms with Crippen LogP contribution in [0.25, 0.3) is 0 Å². The molecular formula is C20H31NO10. The molecule has 0 aromatic carbocycles. The predicted molar refractivity (Wildman–Crippen MR) is 105 cm³/mol. The van der Waals surface area contributed by atoms with Crippen molar-refractivity contribution < 1.29 is 48.0 Å². The number of hydrogen-bond donors (Lipinski definition) is 2. The van der Waals surface area contributed by atoms with Gasteiger partial charge in [0, 0.05) is 34.1 Å². The molecule has 11 nitrogen and oxygen atoms in total. The van der Waals surface area contributed by atoms with E-state index in [1.165, 1.54) is 27.7 Å². The maximum atomic E-state index is 11.8. The highest BCUT2D eigenvalue weighted by atomic mass is 16.6. The summed E-state index contributed by atoms with van der Waals surface area (Å²) < 4.78 is 21.8. The molecular weight excluding hydrogens is 414 g/mol. The van der Waals surface area contributed by atoms with E-state index in [1.54, 1.807) is 0 Å². The van der Waals surface area contributed by atoms with Crippen LogP contribution in [0.5, 0.6) is 0 Å². The van der Waals surface area contributed by atoms with Gasteiger partial charge < -0.3 is 29.4 Å². The van der Waals surface area contributed by atoms with E-state index in [0.717, 1.165) is 0 Å². The molecule has 5 atom stereocenters. The Morgan fingerprint density at radius 3 is 1.97 bits per heavy atom. The van der Waals surface area contributed by atoms with Gasteiger partial charge in [0.25, 0.3) is 0 Å². The molecule has 1 amide bonds. The standard InChI is InChI=1S/C20H31NO10/c1-11(22)21-18-15(8-6-5-7-9-17(26)27)31-16(10-28-12(2)23)19(29-13(3)24)20(18)30-14(4)25/h15-16,18-20H,5-10H2,1-4H3,(H,21,22)(H,26,27)/t15-,16?,18?,19+,20-/m1/s1. The summed E-state index contributed by atoms with van der Waals surface area (Å²) >= 11 is 0. The molecule has 0 radical (unpaired) electrons. The second-order valence-electron chi connectivity index (χ2n) is 7.38. The molecule has 31 heavy (non-hydrogen) atoms. The Bertz CT molecular complexity index is 664. The summed E-state index contributed by atoms with van der Waals surface area (Å²) in [6.07, 6.45) is -1.63. The Hall–Kier alpha value is -2.69. The van der Waals surface area contributed by atoms with E-state index in [0.29, 0.717) is 25.7 Å². The highest BCUT2D eigenvalue weighted by molar-refractivity contribution is 5.73. The van der Waals surface area contributed by atoms with Crippen molar-refractivity contribution in [3.05, 3.63) is 0 Å². The van der Waals surface area contributed by atoms with Crippen LogP contribution in [-0.4, -0.2) is 72.0 Å². The zero-order valence-electron chi connectivity index (χ0n) is 18.3. The summed E-state index contributed by atoms with van der Waals surface area (Å²) in [5.74, 6) is -3.16. The van der Waals surface area contributed by atoms with Gasteiger partial charge in [0.2, 0.25) is 5.91 Å². The van der Waals surface area contributed by atoms with Gasteiger partial charge in [-0.1, -0.05) is 12.8 Å². The molecule has 0 spiro atoms. The van der Waals surface area contributed by atoms with E-state index in [2.05, 4.69) is 5.32 Å². The molecule has 1 aliphatic rings. The number of carbonyl (C=O) groups excluding carboxylic acids is 4.